The smallest absolute Gasteiger partial charge is 0.290 e. The number of furan rings is 1. The Labute approximate surface area is 181 Å². The lowest BCUT2D eigenvalue weighted by atomic mass is 10.1. The first-order chi connectivity index (χ1) is 14.8. The van der Waals surface area contributed by atoms with Crippen molar-refractivity contribution >= 4 is 26.7 Å². The van der Waals surface area contributed by atoms with E-state index in [4.69, 9.17) is 13.9 Å². The molecule has 0 bridgehead atoms. The number of ether oxygens (including phenoxy) is 2. The Hall–Kier alpha value is -3.00. The molecule has 0 N–H and O–H groups in total. The molecule has 1 amide bonds. The number of hydrogen-bond donors (Lipinski definition) is 0. The molecule has 31 heavy (non-hydrogen) atoms. The number of sulfone groups is 1. The van der Waals surface area contributed by atoms with Crippen molar-refractivity contribution in [3.05, 3.63) is 59.4 Å². The second-order valence-electron chi connectivity index (χ2n) is 7.82. The number of methoxy groups -OCH3 is 2. The van der Waals surface area contributed by atoms with E-state index in [0.29, 0.717) is 34.6 Å². The lowest BCUT2D eigenvalue weighted by Crippen LogP contribution is -2.33. The minimum absolute atomic E-state index is 0.0719. The van der Waals surface area contributed by atoms with Gasteiger partial charge in [0.05, 0.1) is 26.5 Å². The third kappa shape index (κ3) is 4.54. The number of amides is 1. The molecule has 0 aliphatic heterocycles. The van der Waals surface area contributed by atoms with Gasteiger partial charge in [0.25, 0.3) is 5.91 Å². The average Bonchev–Trinajstić information content (AvgIpc) is 3.53. The molecule has 1 aromatic heterocycles. The molecule has 0 radical (unpaired) electrons. The Morgan fingerprint density at radius 1 is 1.13 bits per heavy atom. The lowest BCUT2D eigenvalue weighted by molar-refractivity contribution is 0.0697. The van der Waals surface area contributed by atoms with Crippen LogP contribution >= 0.6 is 0 Å². The highest BCUT2D eigenvalue weighted by Gasteiger charge is 2.37. The van der Waals surface area contributed by atoms with Gasteiger partial charge in [-0.15, -0.1) is 0 Å². The number of benzene rings is 2. The van der Waals surface area contributed by atoms with E-state index in [2.05, 4.69) is 0 Å². The predicted molar refractivity (Wildman–Crippen MR) is 117 cm³/mol. The van der Waals surface area contributed by atoms with Crippen LogP contribution in [-0.2, 0) is 22.1 Å². The van der Waals surface area contributed by atoms with Crippen LogP contribution in [0.4, 0.5) is 0 Å². The first kappa shape index (κ1) is 21.2. The van der Waals surface area contributed by atoms with E-state index >= 15 is 0 Å². The second kappa shape index (κ2) is 8.26. The van der Waals surface area contributed by atoms with Crippen LogP contribution in [0, 0.1) is 0 Å². The molecule has 1 aliphatic rings. The Morgan fingerprint density at radius 2 is 1.87 bits per heavy atom. The second-order valence-corrected chi connectivity index (χ2v) is 9.96. The molecule has 3 aromatic rings. The largest absolute Gasteiger partial charge is 0.497 e. The monoisotopic (exact) mass is 443 g/mol. The van der Waals surface area contributed by atoms with Crippen LogP contribution in [0.15, 0.2) is 46.9 Å². The third-order valence-corrected chi connectivity index (χ3v) is 6.19. The van der Waals surface area contributed by atoms with Crippen LogP contribution in [0.2, 0.25) is 0 Å². The molecule has 8 heteroatoms. The normalized spacial score (nSPS) is 13.9. The molecular formula is C23H25NO6S. The van der Waals surface area contributed by atoms with Crippen LogP contribution in [0.3, 0.4) is 0 Å². The minimum atomic E-state index is -3.37. The van der Waals surface area contributed by atoms with Crippen molar-refractivity contribution in [2.75, 3.05) is 20.5 Å². The van der Waals surface area contributed by atoms with E-state index in [9.17, 15) is 13.2 Å². The number of rotatable bonds is 8. The summed E-state index contributed by atoms with van der Waals surface area (Å²) in [6.07, 6.45) is 2.93. The van der Waals surface area contributed by atoms with E-state index in [1.165, 1.54) is 0 Å². The van der Waals surface area contributed by atoms with Gasteiger partial charge in [0.2, 0.25) is 0 Å². The number of carbonyl (C=O) groups excluding carboxylic acids is 1. The molecule has 0 atom stereocenters. The van der Waals surface area contributed by atoms with Crippen molar-refractivity contribution in [1.82, 2.24) is 4.90 Å². The first-order valence-electron chi connectivity index (χ1n) is 10.0. The molecule has 1 fully saturated rings. The molecule has 0 saturated heterocycles. The molecule has 1 heterocycles. The summed E-state index contributed by atoms with van der Waals surface area (Å²) in [5, 5.41) is 0.644. The van der Waals surface area contributed by atoms with Gasteiger partial charge in [-0.2, -0.15) is 0 Å². The molecule has 2 aromatic carbocycles. The Kier molecular flexibility index (Phi) is 5.66. The molecule has 164 valence electrons. The summed E-state index contributed by atoms with van der Waals surface area (Å²) >= 11 is 0. The van der Waals surface area contributed by atoms with E-state index in [1.54, 1.807) is 55.5 Å². The van der Waals surface area contributed by atoms with Gasteiger partial charge >= 0.3 is 0 Å². The quantitative estimate of drug-likeness (QED) is 0.526. The number of carbonyl (C=O) groups is 1. The van der Waals surface area contributed by atoms with E-state index in [1.807, 2.05) is 6.07 Å². The summed E-state index contributed by atoms with van der Waals surface area (Å²) < 4.78 is 40.9. The van der Waals surface area contributed by atoms with Gasteiger partial charge in [-0.1, -0.05) is 18.2 Å². The highest BCUT2D eigenvalue weighted by Crippen LogP contribution is 2.35. The van der Waals surface area contributed by atoms with Crippen molar-refractivity contribution < 1.29 is 27.1 Å². The summed E-state index contributed by atoms with van der Waals surface area (Å²) in [5.74, 6) is 0.829. The predicted octanol–water partition coefficient (Wildman–Crippen LogP) is 3.80. The van der Waals surface area contributed by atoms with Crippen LogP contribution in [0.5, 0.6) is 11.5 Å². The fraction of sp³-hybridized carbons (Fsp3) is 0.348. The number of para-hydroxylation sites is 1. The van der Waals surface area contributed by atoms with Crippen LogP contribution in [-0.4, -0.2) is 45.7 Å². The molecule has 1 aliphatic carbocycles. The van der Waals surface area contributed by atoms with E-state index in [-0.39, 0.29) is 23.5 Å². The van der Waals surface area contributed by atoms with Crippen LogP contribution in [0.25, 0.3) is 11.0 Å². The topological polar surface area (TPSA) is 86.1 Å². The van der Waals surface area contributed by atoms with Gasteiger partial charge in [0.1, 0.15) is 17.1 Å². The molecule has 1 saturated carbocycles. The summed E-state index contributed by atoms with van der Waals surface area (Å²) in [6, 6.07) is 12.6. The molecule has 4 rings (SSSR count). The summed E-state index contributed by atoms with van der Waals surface area (Å²) in [6.45, 7) is 0.305. The Balaban J connectivity index is 1.75. The summed E-state index contributed by atoms with van der Waals surface area (Å²) in [5.41, 5.74) is 1.72. The van der Waals surface area contributed by atoms with Gasteiger partial charge in [-0.05, 0) is 37.1 Å². The van der Waals surface area contributed by atoms with Crippen molar-refractivity contribution in [2.24, 2.45) is 0 Å². The maximum atomic E-state index is 13.6. The van der Waals surface area contributed by atoms with Gasteiger partial charge in [-0.25, -0.2) is 8.42 Å². The Morgan fingerprint density at radius 3 is 2.52 bits per heavy atom. The van der Waals surface area contributed by atoms with Crippen molar-refractivity contribution in [3.8, 4) is 11.5 Å². The van der Waals surface area contributed by atoms with Crippen LogP contribution < -0.4 is 9.47 Å². The highest BCUT2D eigenvalue weighted by atomic mass is 32.2. The van der Waals surface area contributed by atoms with Crippen LogP contribution in [0.1, 0.15) is 34.5 Å². The standard InChI is InChI=1S/C23H25NO6S/c1-28-17-10-11-20(29-2)15(12-17)13-24(16-8-9-16)23(25)22-19(14-31(3,26)27)18-6-4-5-7-21(18)30-22/h4-7,10-12,16H,8-9,13-14H2,1-3H3. The zero-order valence-electron chi connectivity index (χ0n) is 17.8. The number of hydrogen-bond acceptors (Lipinski definition) is 6. The van der Waals surface area contributed by atoms with E-state index < -0.39 is 9.84 Å². The lowest BCUT2D eigenvalue weighted by Gasteiger charge is -2.23. The van der Waals surface area contributed by atoms with Gasteiger partial charge in [-0.3, -0.25) is 4.79 Å². The van der Waals surface area contributed by atoms with Crippen molar-refractivity contribution in [2.45, 2.75) is 31.2 Å². The fourth-order valence-electron chi connectivity index (χ4n) is 3.75. The SMILES string of the molecule is COc1ccc(OC)c(CN(C(=O)c2oc3ccccc3c2CS(C)(=O)=O)C2CC2)c1. The number of nitrogens with zero attached hydrogens (tertiary/aromatic N) is 1. The van der Waals surface area contributed by atoms with Crippen molar-refractivity contribution in [1.29, 1.82) is 0 Å². The zero-order chi connectivity index (χ0) is 22.2. The average molecular weight is 444 g/mol. The Bertz CT molecular complexity index is 1230. The maximum absolute atomic E-state index is 13.6. The van der Waals surface area contributed by atoms with Gasteiger partial charge in [0, 0.05) is 28.8 Å². The number of fused-ring (bicyclic) bond motifs is 1. The molecule has 0 spiro atoms. The van der Waals surface area contributed by atoms with Gasteiger partial charge < -0.3 is 18.8 Å². The third-order valence-electron chi connectivity index (χ3n) is 5.38. The van der Waals surface area contributed by atoms with Gasteiger partial charge in [0.15, 0.2) is 15.6 Å². The maximum Gasteiger partial charge on any atom is 0.290 e. The first-order valence-corrected chi connectivity index (χ1v) is 12.1. The zero-order valence-corrected chi connectivity index (χ0v) is 18.6. The molecule has 7 nitrogen and oxygen atoms in total. The van der Waals surface area contributed by atoms with Crippen molar-refractivity contribution in [3.63, 3.8) is 0 Å². The summed E-state index contributed by atoms with van der Waals surface area (Å²) in [4.78, 5) is 15.4. The molecule has 0 unspecified atom stereocenters. The molecular weight excluding hydrogens is 418 g/mol. The minimum Gasteiger partial charge on any atom is -0.497 e. The highest BCUT2D eigenvalue weighted by molar-refractivity contribution is 7.89. The summed E-state index contributed by atoms with van der Waals surface area (Å²) in [7, 11) is -0.205. The fourth-order valence-corrected chi connectivity index (χ4v) is 4.56. The van der Waals surface area contributed by atoms with E-state index in [0.717, 1.165) is 24.7 Å².